The molecule has 0 aromatic heterocycles. The number of hydrogen-bond acceptors (Lipinski definition) is 3. The highest BCUT2D eigenvalue weighted by Gasteiger charge is 2.21. The molecule has 5 heteroatoms. The molecule has 2 aromatic carbocycles. The van der Waals surface area contributed by atoms with Crippen LogP contribution in [0.1, 0.15) is 30.4 Å². The molecule has 2 rings (SSSR count). The van der Waals surface area contributed by atoms with Crippen LogP contribution in [-0.2, 0) is 4.79 Å². The van der Waals surface area contributed by atoms with Gasteiger partial charge in [0.05, 0.1) is 22.1 Å². The Balaban J connectivity index is 2.25. The van der Waals surface area contributed by atoms with Gasteiger partial charge in [-0.25, -0.2) is 0 Å². The van der Waals surface area contributed by atoms with Crippen molar-refractivity contribution < 1.29 is 9.72 Å². The Hall–Kier alpha value is -2.69. The fourth-order valence-electron chi connectivity index (χ4n) is 2.43. The van der Waals surface area contributed by atoms with Gasteiger partial charge in [0.1, 0.15) is 0 Å². The molecule has 0 aliphatic rings. The van der Waals surface area contributed by atoms with Gasteiger partial charge in [0.15, 0.2) is 0 Å². The van der Waals surface area contributed by atoms with E-state index in [1.54, 1.807) is 19.1 Å². The van der Waals surface area contributed by atoms with E-state index in [9.17, 15) is 14.9 Å². The second kappa shape index (κ2) is 6.85. The zero-order chi connectivity index (χ0) is 16.1. The summed E-state index contributed by atoms with van der Waals surface area (Å²) in [6.45, 7) is 3.58. The highest BCUT2D eigenvalue weighted by molar-refractivity contribution is 5.96. The van der Waals surface area contributed by atoms with Gasteiger partial charge in [-0.2, -0.15) is 0 Å². The summed E-state index contributed by atoms with van der Waals surface area (Å²) in [5, 5.41) is 13.8. The molecule has 0 radical (unpaired) electrons. The summed E-state index contributed by atoms with van der Waals surface area (Å²) in [4.78, 5) is 23.0. The van der Waals surface area contributed by atoms with Gasteiger partial charge in [-0.3, -0.25) is 14.9 Å². The number of hydrogen-bond donors (Lipinski definition) is 1. The summed E-state index contributed by atoms with van der Waals surface area (Å²) < 4.78 is 0. The second-order valence-corrected chi connectivity index (χ2v) is 5.07. The standard InChI is InChI=1S/C17H18N2O3/c1-3-14(13-8-5-4-6-9-13)17(20)18-15-10-7-11-16(12(15)2)19(21)22/h4-11,14H,3H2,1-2H3,(H,18,20). The quantitative estimate of drug-likeness (QED) is 0.669. The minimum atomic E-state index is -0.445. The van der Waals surface area contributed by atoms with Crippen LogP contribution in [0.5, 0.6) is 0 Å². The Bertz CT molecular complexity index is 684. The fourth-order valence-corrected chi connectivity index (χ4v) is 2.43. The first-order chi connectivity index (χ1) is 10.5. The molecule has 1 amide bonds. The van der Waals surface area contributed by atoms with Crippen LogP contribution < -0.4 is 5.32 Å². The van der Waals surface area contributed by atoms with Gasteiger partial charge in [0.2, 0.25) is 5.91 Å². The van der Waals surface area contributed by atoms with Gasteiger partial charge < -0.3 is 5.32 Å². The second-order valence-electron chi connectivity index (χ2n) is 5.07. The molecule has 1 N–H and O–H groups in total. The van der Waals surface area contributed by atoms with Crippen molar-refractivity contribution >= 4 is 17.3 Å². The van der Waals surface area contributed by atoms with E-state index in [0.29, 0.717) is 17.7 Å². The third kappa shape index (κ3) is 3.31. The fraction of sp³-hybridized carbons (Fsp3) is 0.235. The van der Waals surface area contributed by atoms with Crippen LogP contribution in [0, 0.1) is 17.0 Å². The van der Waals surface area contributed by atoms with Crippen LogP contribution >= 0.6 is 0 Å². The van der Waals surface area contributed by atoms with Crippen LogP contribution in [-0.4, -0.2) is 10.8 Å². The molecule has 0 saturated carbocycles. The van der Waals surface area contributed by atoms with Crippen molar-refractivity contribution in [2.24, 2.45) is 0 Å². The number of nitro groups is 1. The molecular weight excluding hydrogens is 280 g/mol. The summed E-state index contributed by atoms with van der Waals surface area (Å²) >= 11 is 0. The third-order valence-corrected chi connectivity index (χ3v) is 3.69. The average molecular weight is 298 g/mol. The number of anilines is 1. The number of nitrogens with one attached hydrogen (secondary N) is 1. The monoisotopic (exact) mass is 298 g/mol. The lowest BCUT2D eigenvalue weighted by Gasteiger charge is -2.16. The molecule has 0 heterocycles. The number of carbonyl (C=O) groups is 1. The first kappa shape index (κ1) is 15.7. The van der Waals surface area contributed by atoms with E-state index in [1.165, 1.54) is 6.07 Å². The lowest BCUT2D eigenvalue weighted by molar-refractivity contribution is -0.385. The SMILES string of the molecule is CCC(C(=O)Nc1cccc([N+](=O)[O-])c1C)c1ccccc1. The summed E-state index contributed by atoms with van der Waals surface area (Å²) in [7, 11) is 0. The van der Waals surface area contributed by atoms with Gasteiger partial charge in [-0.15, -0.1) is 0 Å². The lowest BCUT2D eigenvalue weighted by Crippen LogP contribution is -2.21. The van der Waals surface area contributed by atoms with Crippen LogP contribution in [0.25, 0.3) is 0 Å². The highest BCUT2D eigenvalue weighted by atomic mass is 16.6. The average Bonchev–Trinajstić information content (AvgIpc) is 2.51. The molecule has 2 aromatic rings. The van der Waals surface area contributed by atoms with Crippen molar-refractivity contribution in [1.29, 1.82) is 0 Å². The van der Waals surface area contributed by atoms with Gasteiger partial charge in [0, 0.05) is 6.07 Å². The molecule has 0 bridgehead atoms. The first-order valence-electron chi connectivity index (χ1n) is 7.14. The van der Waals surface area contributed by atoms with Crippen molar-refractivity contribution in [2.45, 2.75) is 26.2 Å². The zero-order valence-corrected chi connectivity index (χ0v) is 12.6. The molecule has 0 saturated heterocycles. The van der Waals surface area contributed by atoms with E-state index in [1.807, 2.05) is 37.3 Å². The van der Waals surface area contributed by atoms with Crippen molar-refractivity contribution in [2.75, 3.05) is 5.32 Å². The van der Waals surface area contributed by atoms with Gasteiger partial charge in [-0.1, -0.05) is 43.3 Å². The predicted octanol–water partition coefficient (Wildman–Crippen LogP) is 4.04. The number of amides is 1. The number of carbonyl (C=O) groups excluding carboxylic acids is 1. The van der Waals surface area contributed by atoms with Crippen LogP contribution in [0.3, 0.4) is 0 Å². The van der Waals surface area contributed by atoms with Gasteiger partial charge in [0.25, 0.3) is 5.69 Å². The van der Waals surface area contributed by atoms with E-state index in [4.69, 9.17) is 0 Å². The highest BCUT2D eigenvalue weighted by Crippen LogP contribution is 2.27. The normalized spacial score (nSPS) is 11.7. The third-order valence-electron chi connectivity index (χ3n) is 3.69. The number of nitrogens with zero attached hydrogens (tertiary/aromatic N) is 1. The molecule has 5 nitrogen and oxygen atoms in total. The molecule has 114 valence electrons. The maximum absolute atomic E-state index is 12.5. The molecule has 1 unspecified atom stereocenters. The van der Waals surface area contributed by atoms with Crippen LogP contribution in [0.4, 0.5) is 11.4 Å². The van der Waals surface area contributed by atoms with Crippen LogP contribution in [0.2, 0.25) is 0 Å². The largest absolute Gasteiger partial charge is 0.325 e. The summed E-state index contributed by atoms with van der Waals surface area (Å²) in [6, 6.07) is 14.2. The topological polar surface area (TPSA) is 72.2 Å². The maximum Gasteiger partial charge on any atom is 0.274 e. The van der Waals surface area contributed by atoms with Gasteiger partial charge >= 0.3 is 0 Å². The maximum atomic E-state index is 12.5. The lowest BCUT2D eigenvalue weighted by atomic mass is 9.95. The van der Waals surface area contributed by atoms with Crippen molar-refractivity contribution in [1.82, 2.24) is 0 Å². The number of rotatable bonds is 5. The Morgan fingerprint density at radius 1 is 1.18 bits per heavy atom. The molecule has 0 aliphatic carbocycles. The molecular formula is C17H18N2O3. The Morgan fingerprint density at radius 3 is 2.45 bits per heavy atom. The Kier molecular flexibility index (Phi) is 4.88. The smallest absolute Gasteiger partial charge is 0.274 e. The molecule has 22 heavy (non-hydrogen) atoms. The molecule has 0 fully saturated rings. The Labute approximate surface area is 129 Å². The van der Waals surface area contributed by atoms with Crippen LogP contribution in [0.15, 0.2) is 48.5 Å². The summed E-state index contributed by atoms with van der Waals surface area (Å²) in [6.07, 6.45) is 0.657. The first-order valence-corrected chi connectivity index (χ1v) is 7.14. The predicted molar refractivity (Wildman–Crippen MR) is 85.9 cm³/mol. The summed E-state index contributed by atoms with van der Waals surface area (Å²) in [5.41, 5.74) is 1.88. The molecule has 0 spiro atoms. The van der Waals surface area contributed by atoms with E-state index < -0.39 is 4.92 Å². The zero-order valence-electron chi connectivity index (χ0n) is 12.6. The van der Waals surface area contributed by atoms with Crippen molar-refractivity contribution in [3.63, 3.8) is 0 Å². The van der Waals surface area contributed by atoms with Crippen molar-refractivity contribution in [3.8, 4) is 0 Å². The van der Waals surface area contributed by atoms with Crippen molar-refractivity contribution in [3.05, 3.63) is 69.8 Å². The molecule has 1 atom stereocenters. The minimum absolute atomic E-state index is 0.00515. The number of benzene rings is 2. The van der Waals surface area contributed by atoms with E-state index in [0.717, 1.165) is 5.56 Å². The minimum Gasteiger partial charge on any atom is -0.325 e. The molecule has 0 aliphatic heterocycles. The Morgan fingerprint density at radius 2 is 1.86 bits per heavy atom. The van der Waals surface area contributed by atoms with Gasteiger partial charge in [-0.05, 0) is 25.0 Å². The van der Waals surface area contributed by atoms with E-state index in [-0.39, 0.29) is 17.5 Å². The van der Waals surface area contributed by atoms with E-state index in [2.05, 4.69) is 5.32 Å². The summed E-state index contributed by atoms with van der Waals surface area (Å²) in [5.74, 6) is -0.433. The number of nitro benzene ring substituents is 1. The van der Waals surface area contributed by atoms with E-state index >= 15 is 0 Å².